The van der Waals surface area contributed by atoms with E-state index in [1.807, 2.05) is 24.3 Å². The van der Waals surface area contributed by atoms with Gasteiger partial charge in [-0.05, 0) is 18.2 Å². The van der Waals surface area contributed by atoms with Gasteiger partial charge >= 0.3 is 0 Å². The number of amides is 1. The molecule has 0 aliphatic heterocycles. The number of benzene rings is 1. The van der Waals surface area contributed by atoms with Crippen LogP contribution in [0.2, 0.25) is 0 Å². The number of hydrogen-bond donors (Lipinski definition) is 2. The summed E-state index contributed by atoms with van der Waals surface area (Å²) < 4.78 is 0. The monoisotopic (exact) mass is 292 g/mol. The number of nitrogens with one attached hydrogen (secondary N) is 1. The summed E-state index contributed by atoms with van der Waals surface area (Å²) in [7, 11) is 0. The van der Waals surface area contributed by atoms with Crippen molar-refractivity contribution in [2.45, 2.75) is 0 Å². The van der Waals surface area contributed by atoms with E-state index in [2.05, 4.69) is 25.3 Å². The fourth-order valence-electron chi connectivity index (χ4n) is 1.93. The molecule has 22 heavy (non-hydrogen) atoms. The minimum Gasteiger partial charge on any atom is -0.364 e. The van der Waals surface area contributed by atoms with Crippen LogP contribution in [-0.4, -0.2) is 25.8 Å². The Morgan fingerprint density at radius 1 is 0.955 bits per heavy atom. The van der Waals surface area contributed by atoms with E-state index in [0.717, 1.165) is 11.3 Å². The van der Waals surface area contributed by atoms with Crippen LogP contribution in [0.25, 0.3) is 11.4 Å². The zero-order chi connectivity index (χ0) is 15.4. The Labute approximate surface area is 126 Å². The van der Waals surface area contributed by atoms with Crippen molar-refractivity contribution in [3.63, 3.8) is 0 Å². The van der Waals surface area contributed by atoms with E-state index >= 15 is 0 Å². The summed E-state index contributed by atoms with van der Waals surface area (Å²) in [5.41, 5.74) is 6.95. The lowest BCUT2D eigenvalue weighted by atomic mass is 10.2. The minimum absolute atomic E-state index is 0.0869. The minimum atomic E-state index is -0.641. The maximum Gasteiger partial charge on any atom is 0.271 e. The average Bonchev–Trinajstić information content (AvgIpc) is 2.56. The zero-order valence-corrected chi connectivity index (χ0v) is 11.5. The van der Waals surface area contributed by atoms with Crippen LogP contribution in [0.5, 0.6) is 0 Å². The smallest absolute Gasteiger partial charge is 0.271 e. The molecule has 1 amide bonds. The highest BCUT2D eigenvalue weighted by atomic mass is 16.1. The fourth-order valence-corrected chi connectivity index (χ4v) is 1.93. The molecule has 7 heteroatoms. The van der Waals surface area contributed by atoms with Gasteiger partial charge in [0.25, 0.3) is 5.91 Å². The number of anilines is 2. The van der Waals surface area contributed by atoms with Gasteiger partial charge in [0.15, 0.2) is 17.3 Å². The van der Waals surface area contributed by atoms with Crippen LogP contribution in [0.4, 0.5) is 11.5 Å². The molecule has 0 saturated carbocycles. The molecule has 0 aliphatic carbocycles. The van der Waals surface area contributed by atoms with Crippen LogP contribution in [0.1, 0.15) is 10.5 Å². The SMILES string of the molecule is NC(=O)c1nccnc1Nc1cccc(-c2ncccn2)c1. The van der Waals surface area contributed by atoms with Crippen molar-refractivity contribution in [1.29, 1.82) is 0 Å². The Kier molecular flexibility index (Phi) is 3.69. The van der Waals surface area contributed by atoms with Gasteiger partial charge in [0, 0.05) is 36.0 Å². The first-order valence-corrected chi connectivity index (χ1v) is 6.49. The number of carbonyl (C=O) groups is 1. The lowest BCUT2D eigenvalue weighted by Crippen LogP contribution is -2.16. The van der Waals surface area contributed by atoms with Crippen molar-refractivity contribution >= 4 is 17.4 Å². The summed E-state index contributed by atoms with van der Waals surface area (Å²) >= 11 is 0. The molecular weight excluding hydrogens is 280 g/mol. The third-order valence-electron chi connectivity index (χ3n) is 2.88. The lowest BCUT2D eigenvalue weighted by molar-refractivity contribution is 0.0996. The topological polar surface area (TPSA) is 107 Å². The summed E-state index contributed by atoms with van der Waals surface area (Å²) in [4.78, 5) is 27.8. The Hall–Kier alpha value is -3.35. The number of rotatable bonds is 4. The maximum atomic E-state index is 11.4. The third kappa shape index (κ3) is 2.88. The van der Waals surface area contributed by atoms with Crippen molar-refractivity contribution in [3.05, 3.63) is 60.8 Å². The Balaban J connectivity index is 1.93. The zero-order valence-electron chi connectivity index (χ0n) is 11.5. The third-order valence-corrected chi connectivity index (χ3v) is 2.88. The molecule has 2 heterocycles. The lowest BCUT2D eigenvalue weighted by Gasteiger charge is -2.09. The molecule has 0 bridgehead atoms. The number of nitrogens with zero attached hydrogens (tertiary/aromatic N) is 4. The molecule has 0 saturated heterocycles. The Bertz CT molecular complexity index is 806. The molecule has 7 nitrogen and oxygen atoms in total. The molecular formula is C15H12N6O. The quantitative estimate of drug-likeness (QED) is 0.759. The van der Waals surface area contributed by atoms with Crippen LogP contribution in [-0.2, 0) is 0 Å². The Morgan fingerprint density at radius 3 is 2.50 bits per heavy atom. The normalized spacial score (nSPS) is 10.2. The van der Waals surface area contributed by atoms with E-state index < -0.39 is 5.91 Å². The maximum absolute atomic E-state index is 11.4. The van der Waals surface area contributed by atoms with Crippen molar-refractivity contribution in [2.75, 3.05) is 5.32 Å². The fraction of sp³-hybridized carbons (Fsp3) is 0. The molecule has 0 atom stereocenters. The van der Waals surface area contributed by atoms with Crippen molar-refractivity contribution in [1.82, 2.24) is 19.9 Å². The van der Waals surface area contributed by atoms with E-state index in [0.29, 0.717) is 11.6 Å². The molecule has 0 unspecified atom stereocenters. The second-order valence-corrected chi connectivity index (χ2v) is 4.40. The van der Waals surface area contributed by atoms with Gasteiger partial charge in [0.05, 0.1) is 0 Å². The van der Waals surface area contributed by atoms with Gasteiger partial charge in [-0.15, -0.1) is 0 Å². The number of hydrogen-bond acceptors (Lipinski definition) is 6. The molecule has 108 valence electrons. The number of nitrogens with two attached hydrogens (primary N) is 1. The molecule has 0 radical (unpaired) electrons. The van der Waals surface area contributed by atoms with Gasteiger partial charge in [-0.2, -0.15) is 0 Å². The number of primary amides is 1. The van der Waals surface area contributed by atoms with Gasteiger partial charge in [-0.3, -0.25) is 4.79 Å². The van der Waals surface area contributed by atoms with E-state index in [1.54, 1.807) is 18.5 Å². The largest absolute Gasteiger partial charge is 0.364 e. The molecule has 3 N–H and O–H groups in total. The highest BCUT2D eigenvalue weighted by Gasteiger charge is 2.11. The summed E-state index contributed by atoms with van der Waals surface area (Å²) in [6.07, 6.45) is 6.25. The Morgan fingerprint density at radius 2 is 1.73 bits per heavy atom. The van der Waals surface area contributed by atoms with Crippen molar-refractivity contribution < 1.29 is 4.79 Å². The molecule has 0 aliphatic rings. The molecule has 3 aromatic rings. The van der Waals surface area contributed by atoms with Crippen molar-refractivity contribution in [3.8, 4) is 11.4 Å². The van der Waals surface area contributed by atoms with Gasteiger partial charge in [0.2, 0.25) is 0 Å². The van der Waals surface area contributed by atoms with Crippen LogP contribution in [0.3, 0.4) is 0 Å². The van der Waals surface area contributed by atoms with Crippen LogP contribution in [0.15, 0.2) is 55.1 Å². The first-order valence-electron chi connectivity index (χ1n) is 6.49. The molecule has 2 aromatic heterocycles. The molecule has 0 fully saturated rings. The van der Waals surface area contributed by atoms with E-state index in [9.17, 15) is 4.79 Å². The highest BCUT2D eigenvalue weighted by molar-refractivity contribution is 5.96. The predicted octanol–water partition coefficient (Wildman–Crippen LogP) is 1.78. The predicted molar refractivity (Wildman–Crippen MR) is 81.3 cm³/mol. The first-order chi connectivity index (χ1) is 10.7. The highest BCUT2D eigenvalue weighted by Crippen LogP contribution is 2.22. The second-order valence-electron chi connectivity index (χ2n) is 4.40. The summed E-state index contributed by atoms with van der Waals surface area (Å²) in [5.74, 6) is 0.277. The van der Waals surface area contributed by atoms with E-state index in [1.165, 1.54) is 12.4 Å². The molecule has 0 spiro atoms. The molecule has 3 rings (SSSR count). The van der Waals surface area contributed by atoms with Crippen LogP contribution < -0.4 is 11.1 Å². The van der Waals surface area contributed by atoms with Gasteiger partial charge < -0.3 is 11.1 Å². The van der Waals surface area contributed by atoms with Gasteiger partial charge in [-0.1, -0.05) is 12.1 Å². The van der Waals surface area contributed by atoms with Crippen LogP contribution >= 0.6 is 0 Å². The average molecular weight is 292 g/mol. The summed E-state index contributed by atoms with van der Waals surface area (Å²) in [6, 6.07) is 9.20. The van der Waals surface area contributed by atoms with Gasteiger partial charge in [-0.25, -0.2) is 19.9 Å². The number of carbonyl (C=O) groups excluding carboxylic acids is 1. The van der Waals surface area contributed by atoms with Gasteiger partial charge in [0.1, 0.15) is 0 Å². The standard InChI is InChI=1S/C15H12N6O/c16-13(22)12-15(20-8-7-17-12)21-11-4-1-3-10(9-11)14-18-5-2-6-19-14/h1-9H,(H2,16,22)(H,20,21). The van der Waals surface area contributed by atoms with Crippen LogP contribution in [0, 0.1) is 0 Å². The second kappa shape index (κ2) is 5.96. The summed E-state index contributed by atoms with van der Waals surface area (Å²) in [6.45, 7) is 0. The first kappa shape index (κ1) is 13.6. The van der Waals surface area contributed by atoms with E-state index in [-0.39, 0.29) is 5.69 Å². The molecule has 1 aromatic carbocycles. The summed E-state index contributed by atoms with van der Waals surface area (Å²) in [5, 5.41) is 3.03. The van der Waals surface area contributed by atoms with Crippen molar-refractivity contribution in [2.24, 2.45) is 5.73 Å². The number of aromatic nitrogens is 4. The van der Waals surface area contributed by atoms with E-state index in [4.69, 9.17) is 5.73 Å².